The van der Waals surface area contributed by atoms with E-state index >= 15 is 0 Å². The maximum Gasteiger partial charge on any atom is 0.291 e. The highest BCUT2D eigenvalue weighted by Crippen LogP contribution is 2.17. The normalized spacial score (nSPS) is 10.9. The van der Waals surface area contributed by atoms with Crippen molar-refractivity contribution in [3.63, 3.8) is 0 Å². The number of ether oxygens (including phenoxy) is 1. The number of nitrogens with one attached hydrogen (secondary N) is 8. The van der Waals surface area contributed by atoms with Crippen molar-refractivity contribution in [2.24, 2.45) is 41.0 Å². The molecule has 10 N–H and O–H groups in total. The first-order chi connectivity index (χ1) is 32.5. The minimum Gasteiger partial charge on any atom is -0.381 e. The van der Waals surface area contributed by atoms with E-state index in [9.17, 15) is 38.4 Å². The third-order valence-electron chi connectivity index (χ3n) is 9.90. The van der Waals surface area contributed by atoms with Gasteiger partial charge in [-0.3, -0.25) is 38.4 Å². The molecule has 0 saturated carbocycles. The Hall–Kier alpha value is -8.13. The summed E-state index contributed by atoms with van der Waals surface area (Å²) in [4.78, 5) is 114. The predicted molar refractivity (Wildman–Crippen MR) is 247 cm³/mol. The number of hydrogen-bond donors (Lipinski definition) is 9. The van der Waals surface area contributed by atoms with Crippen LogP contribution in [0.3, 0.4) is 0 Å². The van der Waals surface area contributed by atoms with Crippen LogP contribution in [0.2, 0.25) is 0 Å². The first-order valence-electron chi connectivity index (χ1n) is 21.5. The zero-order valence-electron chi connectivity index (χ0n) is 38.4. The summed E-state index contributed by atoms with van der Waals surface area (Å²) in [6.45, 7) is 2.12. The zero-order valence-corrected chi connectivity index (χ0v) is 38.4. The van der Waals surface area contributed by atoms with Crippen molar-refractivity contribution < 1.29 is 43.1 Å². The lowest BCUT2D eigenvalue weighted by Crippen LogP contribution is -2.32. The van der Waals surface area contributed by atoms with Gasteiger partial charge >= 0.3 is 0 Å². The van der Waals surface area contributed by atoms with Crippen LogP contribution in [0, 0.1) is 0 Å². The van der Waals surface area contributed by atoms with E-state index in [0.717, 1.165) is 6.42 Å². The number of nitrogens with zero attached hydrogens (tertiary/aromatic N) is 8. The number of anilines is 4. The summed E-state index contributed by atoms with van der Waals surface area (Å²) < 4.78 is 12.8. The van der Waals surface area contributed by atoms with Gasteiger partial charge in [0.1, 0.15) is 11.4 Å². The molecule has 5 aromatic rings. The summed E-state index contributed by atoms with van der Waals surface area (Å²) in [5, 5.41) is 21.3. The van der Waals surface area contributed by atoms with Crippen molar-refractivity contribution in [1.82, 2.24) is 59.1 Å². The fourth-order valence-electron chi connectivity index (χ4n) is 6.47. The van der Waals surface area contributed by atoms with E-state index in [2.05, 4.69) is 57.5 Å². The molecule has 5 heterocycles. The molecule has 0 aliphatic heterocycles. The maximum absolute atomic E-state index is 13.2. The number of rotatable bonds is 25. The van der Waals surface area contributed by atoms with Gasteiger partial charge in [0, 0.05) is 131 Å². The number of nitrogens with two attached hydrogens (primary N) is 1. The smallest absolute Gasteiger partial charge is 0.291 e. The molecule has 0 fully saturated rings. The average Bonchev–Trinajstić information content (AvgIpc) is 4.12. The van der Waals surface area contributed by atoms with Crippen LogP contribution in [-0.2, 0) is 54.4 Å². The second-order valence-electron chi connectivity index (χ2n) is 15.4. The lowest BCUT2D eigenvalue weighted by Gasteiger charge is -2.07. The van der Waals surface area contributed by atoms with Crippen LogP contribution < -0.4 is 48.3 Å². The first-order valence-corrected chi connectivity index (χ1v) is 21.5. The highest BCUT2D eigenvalue weighted by molar-refractivity contribution is 6.04. The molecule has 26 heteroatoms. The molecule has 0 spiro atoms. The lowest BCUT2D eigenvalue weighted by molar-refractivity contribution is -0.121. The Morgan fingerprint density at radius 1 is 0.515 bits per heavy atom. The van der Waals surface area contributed by atoms with Gasteiger partial charge in [0.2, 0.25) is 29.4 Å². The van der Waals surface area contributed by atoms with Crippen LogP contribution in [0.5, 0.6) is 0 Å². The third kappa shape index (κ3) is 14.7. The minimum atomic E-state index is -0.627. The molecule has 5 aromatic heterocycles. The van der Waals surface area contributed by atoms with E-state index in [0.29, 0.717) is 38.4 Å². The molecule has 364 valence electrons. The van der Waals surface area contributed by atoms with Crippen LogP contribution >= 0.6 is 0 Å². The molecule has 68 heavy (non-hydrogen) atoms. The van der Waals surface area contributed by atoms with E-state index in [-0.39, 0.29) is 91.0 Å². The SMILES string of the molecule is Cn1cc(NC(=O)c2nc(NC(=O)CCNC(=O)c3cc(NC(=O)c4nccn4C)cn3C)cn2C)cc1C(=O)NCCC(=O)Nc1cn(C)c(C(=O)NCCC(=O)NCCCOCCCN)n1. The summed E-state index contributed by atoms with van der Waals surface area (Å²) in [6, 6.07) is 2.94. The highest BCUT2D eigenvalue weighted by atomic mass is 16.5. The number of hydrogen-bond acceptors (Lipinski definition) is 13. The van der Waals surface area contributed by atoms with Gasteiger partial charge < -0.3 is 75.8 Å². The number of amides is 8. The molecule has 0 aliphatic rings. The van der Waals surface area contributed by atoms with Gasteiger partial charge in [-0.25, -0.2) is 15.0 Å². The Morgan fingerprint density at radius 3 is 1.49 bits per heavy atom. The molecule has 5 rings (SSSR count). The number of imidazole rings is 3. The van der Waals surface area contributed by atoms with Crippen molar-refractivity contribution in [3.05, 3.63) is 78.2 Å². The van der Waals surface area contributed by atoms with Gasteiger partial charge in [0.25, 0.3) is 29.5 Å². The zero-order chi connectivity index (χ0) is 49.3. The number of aromatic nitrogens is 8. The summed E-state index contributed by atoms with van der Waals surface area (Å²) in [7, 11) is 8.07. The fraction of sp³-hybridized carbons (Fsp3) is 0.405. The third-order valence-corrected chi connectivity index (χ3v) is 9.90. The van der Waals surface area contributed by atoms with Crippen LogP contribution in [0.25, 0.3) is 0 Å². The van der Waals surface area contributed by atoms with E-state index in [1.807, 2.05) is 0 Å². The van der Waals surface area contributed by atoms with Gasteiger partial charge in [-0.2, -0.15) is 0 Å². The van der Waals surface area contributed by atoms with Crippen molar-refractivity contribution in [3.8, 4) is 0 Å². The molecule has 0 radical (unpaired) electrons. The Kier molecular flexibility index (Phi) is 18.3. The molecular weight excluding hydrogens is 887 g/mol. The Morgan fingerprint density at radius 2 is 0.985 bits per heavy atom. The number of aryl methyl sites for hydroxylation is 5. The van der Waals surface area contributed by atoms with Crippen LogP contribution in [0.15, 0.2) is 49.3 Å². The van der Waals surface area contributed by atoms with Crippen molar-refractivity contribution >= 4 is 70.3 Å². The molecule has 26 nitrogen and oxygen atoms in total. The Labute approximate surface area is 390 Å². The fourth-order valence-corrected chi connectivity index (χ4v) is 6.47. The van der Waals surface area contributed by atoms with E-state index in [4.69, 9.17) is 10.5 Å². The molecule has 0 saturated heterocycles. The van der Waals surface area contributed by atoms with Crippen LogP contribution in [-0.4, -0.2) is 131 Å². The second kappa shape index (κ2) is 24.4. The van der Waals surface area contributed by atoms with Crippen molar-refractivity contribution in [2.45, 2.75) is 32.1 Å². The molecule has 0 bridgehead atoms. The van der Waals surface area contributed by atoms with Gasteiger partial charge in [-0.1, -0.05) is 0 Å². The van der Waals surface area contributed by atoms with Crippen LogP contribution in [0.4, 0.5) is 23.0 Å². The largest absolute Gasteiger partial charge is 0.381 e. The standard InChI is InChI=1S/C42H57N17O9/c1-55-17-16-45-35(55)41(66)49-26-20-28(56(2)22-26)38(63)46-15-10-34(62)52-31-25-59(5)37(54-31)42(67)50-27-21-29(57(3)23-27)39(64)47-14-9-33(61)51-30-24-58(4)36(53-30)40(65)48-13-8-32(60)44-12-7-19-68-18-6-11-43/h16-17,20-25H,6-15,18-19,43H2,1-5H3,(H,44,60)(H,46,63)(H,47,64)(H,48,65)(H,49,66)(H,50,67)(H,51,61)(H,52,62). The van der Waals surface area contributed by atoms with Gasteiger partial charge in [-0.05, 0) is 31.5 Å². The van der Waals surface area contributed by atoms with Crippen LogP contribution in [0.1, 0.15) is 84.9 Å². The van der Waals surface area contributed by atoms with E-state index in [1.165, 1.54) is 55.2 Å². The molecular formula is C42H57N17O9. The van der Waals surface area contributed by atoms with Gasteiger partial charge in [-0.15, -0.1) is 0 Å². The second-order valence-corrected chi connectivity index (χ2v) is 15.4. The Balaban J connectivity index is 0.993. The molecule has 0 aliphatic carbocycles. The monoisotopic (exact) mass is 943 g/mol. The molecule has 0 unspecified atom stereocenters. The highest BCUT2D eigenvalue weighted by Gasteiger charge is 2.21. The van der Waals surface area contributed by atoms with E-state index in [1.54, 1.807) is 52.2 Å². The molecule has 8 amide bonds. The van der Waals surface area contributed by atoms with Gasteiger partial charge in [0.05, 0.1) is 11.4 Å². The summed E-state index contributed by atoms with van der Waals surface area (Å²) in [6.07, 6.45) is 10.4. The molecule has 0 atom stereocenters. The van der Waals surface area contributed by atoms with Crippen molar-refractivity contribution in [1.29, 1.82) is 0 Å². The predicted octanol–water partition coefficient (Wildman–Crippen LogP) is -0.422. The Bertz CT molecular complexity index is 2620. The van der Waals surface area contributed by atoms with Crippen molar-refractivity contribution in [2.75, 3.05) is 67.2 Å². The summed E-state index contributed by atoms with van der Waals surface area (Å²) in [5.74, 6) is -3.36. The molecule has 0 aromatic carbocycles. The minimum absolute atomic E-state index is 0.0180. The maximum atomic E-state index is 13.2. The number of carbonyl (C=O) groups excluding carboxylic acids is 8. The lowest BCUT2D eigenvalue weighted by atomic mass is 10.3. The van der Waals surface area contributed by atoms with Gasteiger partial charge in [0.15, 0.2) is 17.5 Å². The topological polar surface area (TPSA) is 331 Å². The summed E-state index contributed by atoms with van der Waals surface area (Å²) >= 11 is 0. The quantitative estimate of drug-likeness (QED) is 0.0336. The summed E-state index contributed by atoms with van der Waals surface area (Å²) in [5.41, 5.74) is 6.52. The number of carbonyl (C=O) groups is 8. The average molecular weight is 944 g/mol. The van der Waals surface area contributed by atoms with E-state index < -0.39 is 41.4 Å². The first kappa shape index (κ1) is 50.9.